The number of halogens is 1. The van der Waals surface area contributed by atoms with E-state index in [4.69, 9.17) is 17.3 Å². The van der Waals surface area contributed by atoms with Crippen molar-refractivity contribution >= 4 is 11.6 Å². The van der Waals surface area contributed by atoms with Gasteiger partial charge in [0, 0.05) is 11.6 Å². The van der Waals surface area contributed by atoms with Gasteiger partial charge in [0.25, 0.3) is 0 Å². The monoisotopic (exact) mass is 153 g/mol. The molecule has 2 heteroatoms. The summed E-state index contributed by atoms with van der Waals surface area (Å²) in [5, 5.41) is 0.738. The third-order valence-electron chi connectivity index (χ3n) is 1.31. The van der Waals surface area contributed by atoms with E-state index in [-0.39, 0.29) is 6.54 Å². The summed E-state index contributed by atoms with van der Waals surface area (Å²) >= 11 is 5.65. The molecular weight excluding hydrogens is 146 g/mol. The average Bonchev–Trinajstić information content (AvgIpc) is 1.95. The molecule has 0 aliphatic carbocycles. The molecule has 0 aliphatic heterocycles. The molecule has 10 heavy (non-hydrogen) atoms. The highest BCUT2D eigenvalue weighted by molar-refractivity contribution is 6.30. The van der Waals surface area contributed by atoms with Crippen molar-refractivity contribution in [3.63, 3.8) is 0 Å². The van der Waals surface area contributed by atoms with Crippen LogP contribution >= 0.6 is 11.6 Å². The lowest BCUT2D eigenvalue weighted by molar-refractivity contribution is 0.941. The van der Waals surface area contributed by atoms with Crippen molar-refractivity contribution < 1.29 is 0 Å². The summed E-state index contributed by atoms with van der Waals surface area (Å²) in [6, 6.07) is 7.48. The normalized spacial score (nSPS) is 9.80. The molecule has 0 N–H and O–H groups in total. The van der Waals surface area contributed by atoms with Crippen molar-refractivity contribution in [2.45, 2.75) is 6.42 Å². The molecule has 0 spiro atoms. The zero-order chi connectivity index (χ0) is 7.40. The van der Waals surface area contributed by atoms with Crippen LogP contribution in [-0.4, -0.2) is 6.54 Å². The number of benzene rings is 1. The second-order valence-electron chi connectivity index (χ2n) is 2.10. The Hall–Kier alpha value is -0.530. The van der Waals surface area contributed by atoms with Crippen molar-refractivity contribution in [1.82, 2.24) is 5.73 Å². The predicted octanol–water partition coefficient (Wildman–Crippen LogP) is 1.95. The molecule has 1 aromatic carbocycles. The maximum Gasteiger partial charge on any atom is 0.0406 e. The summed E-state index contributed by atoms with van der Waals surface area (Å²) in [6.07, 6.45) is 0.706. The van der Waals surface area contributed by atoms with Gasteiger partial charge in [0.05, 0.1) is 0 Å². The molecule has 0 aliphatic rings. The minimum Gasteiger partial charge on any atom is -0.145 e. The fourth-order valence-corrected chi connectivity index (χ4v) is 0.906. The SMILES string of the molecule is [N]CCc1ccc(Cl)cc1. The molecule has 0 bridgehead atoms. The molecule has 0 fully saturated rings. The lowest BCUT2D eigenvalue weighted by Gasteiger charge is -1.95. The second kappa shape index (κ2) is 3.59. The Morgan fingerprint density at radius 1 is 1.20 bits per heavy atom. The molecule has 0 saturated heterocycles. The molecule has 0 aromatic heterocycles. The number of hydrogen-bond donors (Lipinski definition) is 0. The van der Waals surface area contributed by atoms with Gasteiger partial charge in [-0.15, -0.1) is 5.73 Å². The van der Waals surface area contributed by atoms with Crippen LogP contribution in [0.1, 0.15) is 5.56 Å². The van der Waals surface area contributed by atoms with Gasteiger partial charge in [-0.1, -0.05) is 23.7 Å². The van der Waals surface area contributed by atoms with Gasteiger partial charge >= 0.3 is 0 Å². The van der Waals surface area contributed by atoms with E-state index >= 15 is 0 Å². The van der Waals surface area contributed by atoms with Gasteiger partial charge in [0.15, 0.2) is 0 Å². The van der Waals surface area contributed by atoms with Gasteiger partial charge in [-0.25, -0.2) is 0 Å². The van der Waals surface area contributed by atoms with Crippen molar-refractivity contribution in [3.05, 3.63) is 34.9 Å². The maximum absolute atomic E-state index is 8.56. The summed E-state index contributed by atoms with van der Waals surface area (Å²) in [6.45, 7) is 0.196. The first kappa shape index (κ1) is 7.58. The van der Waals surface area contributed by atoms with Crippen LogP contribution in [0, 0.1) is 0 Å². The maximum atomic E-state index is 8.56. The van der Waals surface area contributed by atoms with Gasteiger partial charge in [0.1, 0.15) is 0 Å². The first-order chi connectivity index (χ1) is 4.83. The van der Waals surface area contributed by atoms with Crippen LogP contribution in [0.15, 0.2) is 24.3 Å². The highest BCUT2D eigenvalue weighted by Gasteiger charge is 1.90. The molecule has 0 amide bonds. The van der Waals surface area contributed by atoms with Crippen LogP contribution in [0.4, 0.5) is 0 Å². The third-order valence-corrected chi connectivity index (χ3v) is 1.57. The van der Waals surface area contributed by atoms with Crippen molar-refractivity contribution in [2.24, 2.45) is 0 Å². The molecule has 1 aromatic rings. The average molecular weight is 154 g/mol. The number of hydrogen-bond acceptors (Lipinski definition) is 0. The van der Waals surface area contributed by atoms with Crippen LogP contribution in [0.25, 0.3) is 0 Å². The smallest absolute Gasteiger partial charge is 0.0406 e. The van der Waals surface area contributed by atoms with E-state index in [0.717, 1.165) is 10.6 Å². The Kier molecular flexibility index (Phi) is 2.72. The van der Waals surface area contributed by atoms with E-state index in [1.807, 2.05) is 24.3 Å². The molecule has 0 unspecified atom stereocenters. The Morgan fingerprint density at radius 2 is 1.80 bits per heavy atom. The first-order valence-electron chi connectivity index (χ1n) is 3.18. The lowest BCUT2D eigenvalue weighted by Crippen LogP contribution is -1.90. The van der Waals surface area contributed by atoms with Crippen LogP contribution in [-0.2, 0) is 6.42 Å². The summed E-state index contributed by atoms with van der Waals surface area (Å²) in [4.78, 5) is 0. The standard InChI is InChI=1S/C8H8ClN/c9-8-3-1-7(2-4-8)5-6-10/h1-4H,5-6H2. The number of nitrogens with zero attached hydrogens (tertiary/aromatic N) is 1. The van der Waals surface area contributed by atoms with Crippen LogP contribution in [0.2, 0.25) is 5.02 Å². The van der Waals surface area contributed by atoms with Gasteiger partial charge in [0.2, 0.25) is 0 Å². The quantitative estimate of drug-likeness (QED) is 0.620. The Bertz CT molecular complexity index is 193. The summed E-state index contributed by atoms with van der Waals surface area (Å²) in [7, 11) is 0. The van der Waals surface area contributed by atoms with E-state index < -0.39 is 0 Å². The molecule has 52 valence electrons. The molecule has 2 radical (unpaired) electrons. The Balaban J connectivity index is 2.69. The first-order valence-corrected chi connectivity index (χ1v) is 3.56. The van der Waals surface area contributed by atoms with Gasteiger partial charge in [-0.05, 0) is 24.1 Å². The van der Waals surface area contributed by atoms with Crippen LogP contribution in [0.5, 0.6) is 0 Å². The summed E-state index contributed by atoms with van der Waals surface area (Å²) in [5.41, 5.74) is 9.67. The second-order valence-corrected chi connectivity index (χ2v) is 2.54. The predicted molar refractivity (Wildman–Crippen MR) is 42.2 cm³/mol. The molecule has 1 rings (SSSR count). The highest BCUT2D eigenvalue weighted by atomic mass is 35.5. The number of rotatable bonds is 2. The fourth-order valence-electron chi connectivity index (χ4n) is 0.780. The molecule has 0 saturated carbocycles. The molecule has 1 nitrogen and oxygen atoms in total. The largest absolute Gasteiger partial charge is 0.145 e. The Labute approximate surface area is 65.8 Å². The topological polar surface area (TPSA) is 22.3 Å². The van der Waals surface area contributed by atoms with E-state index in [0.29, 0.717) is 6.42 Å². The lowest BCUT2D eigenvalue weighted by atomic mass is 10.2. The van der Waals surface area contributed by atoms with Crippen LogP contribution in [0.3, 0.4) is 0 Å². The van der Waals surface area contributed by atoms with Crippen molar-refractivity contribution in [2.75, 3.05) is 6.54 Å². The fraction of sp³-hybridized carbons (Fsp3) is 0.250. The minimum atomic E-state index is 0.196. The third kappa shape index (κ3) is 2.01. The minimum absolute atomic E-state index is 0.196. The van der Waals surface area contributed by atoms with Gasteiger partial charge in [-0.3, -0.25) is 0 Å². The van der Waals surface area contributed by atoms with Crippen LogP contribution < -0.4 is 5.73 Å². The molecule has 0 heterocycles. The summed E-state index contributed by atoms with van der Waals surface area (Å²) < 4.78 is 0. The zero-order valence-electron chi connectivity index (χ0n) is 5.55. The van der Waals surface area contributed by atoms with E-state index in [1.54, 1.807) is 0 Å². The van der Waals surface area contributed by atoms with E-state index in [2.05, 4.69) is 0 Å². The van der Waals surface area contributed by atoms with E-state index in [1.165, 1.54) is 0 Å². The zero-order valence-corrected chi connectivity index (χ0v) is 6.30. The molecular formula is C8H8ClN. The molecule has 0 atom stereocenters. The van der Waals surface area contributed by atoms with Crippen molar-refractivity contribution in [1.29, 1.82) is 0 Å². The Morgan fingerprint density at radius 3 is 2.30 bits per heavy atom. The summed E-state index contributed by atoms with van der Waals surface area (Å²) in [5.74, 6) is 0. The van der Waals surface area contributed by atoms with Gasteiger partial charge < -0.3 is 0 Å². The van der Waals surface area contributed by atoms with E-state index in [9.17, 15) is 0 Å². The van der Waals surface area contributed by atoms with Gasteiger partial charge in [-0.2, -0.15) is 0 Å². The van der Waals surface area contributed by atoms with Crippen molar-refractivity contribution in [3.8, 4) is 0 Å². The highest BCUT2D eigenvalue weighted by Crippen LogP contribution is 2.09.